The van der Waals surface area contributed by atoms with E-state index in [0.717, 1.165) is 25.7 Å². The van der Waals surface area contributed by atoms with E-state index in [1.807, 2.05) is 0 Å². The quantitative estimate of drug-likeness (QED) is 0.633. The molecule has 0 aliphatic rings. The Morgan fingerprint density at radius 1 is 1.20 bits per heavy atom. The van der Waals surface area contributed by atoms with Crippen LogP contribution in [0.1, 0.15) is 59.8 Å². The molecule has 0 aromatic heterocycles. The van der Waals surface area contributed by atoms with Gasteiger partial charge in [-0.25, -0.2) is 0 Å². The van der Waals surface area contributed by atoms with Gasteiger partial charge in [-0.15, -0.1) is 0 Å². The highest BCUT2D eigenvalue weighted by molar-refractivity contribution is 5.76. The van der Waals surface area contributed by atoms with Crippen molar-refractivity contribution in [2.45, 2.75) is 71.9 Å². The van der Waals surface area contributed by atoms with Crippen molar-refractivity contribution in [3.63, 3.8) is 0 Å². The first-order valence-electron chi connectivity index (χ1n) is 6.18. The van der Waals surface area contributed by atoms with Crippen LogP contribution in [0.4, 0.5) is 0 Å². The largest absolute Gasteiger partial charge is 0.337 e. The summed E-state index contributed by atoms with van der Waals surface area (Å²) in [6.45, 7) is 12.3. The van der Waals surface area contributed by atoms with Crippen molar-refractivity contribution in [1.82, 2.24) is 4.90 Å². The van der Waals surface area contributed by atoms with Gasteiger partial charge >= 0.3 is 0 Å². The van der Waals surface area contributed by atoms with Crippen molar-refractivity contribution in [2.75, 3.05) is 0 Å². The van der Waals surface area contributed by atoms with Gasteiger partial charge < -0.3 is 4.90 Å². The van der Waals surface area contributed by atoms with Crippen LogP contribution in [0.5, 0.6) is 0 Å². The van der Waals surface area contributed by atoms with Gasteiger partial charge in [0.25, 0.3) is 0 Å². The van der Waals surface area contributed by atoms with E-state index >= 15 is 0 Å². The van der Waals surface area contributed by atoms with Gasteiger partial charge in [-0.05, 0) is 33.1 Å². The zero-order valence-corrected chi connectivity index (χ0v) is 10.8. The van der Waals surface area contributed by atoms with E-state index in [0.29, 0.717) is 24.4 Å². The van der Waals surface area contributed by atoms with Crippen LogP contribution in [0.2, 0.25) is 0 Å². The minimum Gasteiger partial charge on any atom is -0.337 e. The lowest BCUT2D eigenvalue weighted by Crippen LogP contribution is -2.44. The Morgan fingerprint density at radius 3 is 2.00 bits per heavy atom. The molecule has 0 fully saturated rings. The molecule has 0 spiro atoms. The molecule has 2 unspecified atom stereocenters. The molecule has 0 aliphatic carbocycles. The topological polar surface area (TPSA) is 20.3 Å². The fourth-order valence-corrected chi connectivity index (χ4v) is 1.72. The lowest BCUT2D eigenvalue weighted by molar-refractivity contribution is -0.135. The molecule has 0 aromatic rings. The third-order valence-electron chi connectivity index (χ3n) is 3.06. The molecule has 0 saturated carbocycles. The van der Waals surface area contributed by atoms with Gasteiger partial charge in [-0.3, -0.25) is 4.79 Å². The minimum atomic E-state index is 0.294. The lowest BCUT2D eigenvalue weighted by Gasteiger charge is -2.34. The summed E-state index contributed by atoms with van der Waals surface area (Å²) in [5.74, 6) is 0.294. The molecule has 2 atom stereocenters. The Hall–Kier alpha value is -0.530. The van der Waals surface area contributed by atoms with Crippen LogP contribution < -0.4 is 0 Å². The van der Waals surface area contributed by atoms with E-state index in [2.05, 4.69) is 39.5 Å². The molecule has 15 heavy (non-hydrogen) atoms. The van der Waals surface area contributed by atoms with Gasteiger partial charge in [0.1, 0.15) is 0 Å². The summed E-state index contributed by atoms with van der Waals surface area (Å²) < 4.78 is 0. The first-order chi connectivity index (χ1) is 7.08. The van der Waals surface area contributed by atoms with Crippen LogP contribution in [0.25, 0.3) is 0 Å². The number of amides is 1. The monoisotopic (exact) mass is 212 g/mol. The predicted octanol–water partition coefficient (Wildman–Crippen LogP) is 3.42. The number of carbonyl (C=O) groups excluding carboxylic acids is 1. The molecule has 2 heteroatoms. The van der Waals surface area contributed by atoms with Crippen LogP contribution >= 0.6 is 0 Å². The average molecular weight is 212 g/mol. The van der Waals surface area contributed by atoms with Crippen molar-refractivity contribution in [3.8, 4) is 0 Å². The normalized spacial score (nSPS) is 14.7. The van der Waals surface area contributed by atoms with E-state index in [1.165, 1.54) is 0 Å². The van der Waals surface area contributed by atoms with E-state index in [4.69, 9.17) is 0 Å². The summed E-state index contributed by atoms with van der Waals surface area (Å²) >= 11 is 0. The van der Waals surface area contributed by atoms with Gasteiger partial charge in [0, 0.05) is 18.5 Å². The number of hydrogen-bond acceptors (Lipinski definition) is 1. The molecule has 2 nitrogen and oxygen atoms in total. The molecular weight excluding hydrogens is 186 g/mol. The molecule has 1 amide bonds. The lowest BCUT2D eigenvalue weighted by atomic mass is 10.1. The van der Waals surface area contributed by atoms with E-state index in [1.54, 1.807) is 0 Å². The Kier molecular flexibility index (Phi) is 7.45. The number of hydrogen-bond donors (Lipinski definition) is 0. The van der Waals surface area contributed by atoms with E-state index < -0.39 is 0 Å². The van der Waals surface area contributed by atoms with E-state index in [-0.39, 0.29) is 0 Å². The fraction of sp³-hybridized carbons (Fsp3) is 0.846. The van der Waals surface area contributed by atoms with Gasteiger partial charge in [0.15, 0.2) is 0 Å². The van der Waals surface area contributed by atoms with Crippen LogP contribution in [0.15, 0.2) is 0 Å². The van der Waals surface area contributed by atoms with E-state index in [9.17, 15) is 4.79 Å². The average Bonchev–Trinajstić information content (AvgIpc) is 2.25. The van der Waals surface area contributed by atoms with Crippen LogP contribution in [-0.4, -0.2) is 22.9 Å². The first-order valence-corrected chi connectivity index (χ1v) is 6.18. The second-order valence-electron chi connectivity index (χ2n) is 4.27. The molecule has 0 bridgehead atoms. The Morgan fingerprint density at radius 2 is 1.67 bits per heavy atom. The zero-order valence-electron chi connectivity index (χ0n) is 10.8. The maximum absolute atomic E-state index is 12.0. The molecule has 0 heterocycles. The Balaban J connectivity index is 4.40. The Bertz CT molecular complexity index is 169. The maximum Gasteiger partial charge on any atom is 0.223 e. The van der Waals surface area contributed by atoms with Crippen molar-refractivity contribution in [1.29, 1.82) is 0 Å². The number of nitrogens with zero attached hydrogens (tertiary/aromatic N) is 1. The van der Waals surface area contributed by atoms with Crippen molar-refractivity contribution in [2.24, 2.45) is 0 Å². The second-order valence-corrected chi connectivity index (χ2v) is 4.27. The molecule has 1 radical (unpaired) electrons. The smallest absolute Gasteiger partial charge is 0.223 e. The van der Waals surface area contributed by atoms with Gasteiger partial charge in [0.2, 0.25) is 5.91 Å². The molecule has 0 aliphatic heterocycles. The van der Waals surface area contributed by atoms with Crippen molar-refractivity contribution >= 4 is 5.91 Å². The standard InChI is InChI=1S/C13H26NO/c1-6-9-10-13(15)14(11(4)7-2)12(5)8-3/h11-12H,1,6-10H2,2-5H3. The number of unbranched alkanes of at least 4 members (excludes halogenated alkanes) is 1. The van der Waals surface area contributed by atoms with Crippen molar-refractivity contribution < 1.29 is 4.79 Å². The van der Waals surface area contributed by atoms with Gasteiger partial charge in [-0.1, -0.05) is 27.2 Å². The number of carbonyl (C=O) groups is 1. The predicted molar refractivity (Wildman–Crippen MR) is 65.6 cm³/mol. The van der Waals surface area contributed by atoms with Gasteiger partial charge in [0.05, 0.1) is 0 Å². The number of rotatable bonds is 7. The molecule has 0 aromatic carbocycles. The van der Waals surface area contributed by atoms with Crippen LogP contribution in [-0.2, 0) is 4.79 Å². The first kappa shape index (κ1) is 14.5. The Labute approximate surface area is 95.0 Å². The summed E-state index contributed by atoms with van der Waals surface area (Å²) in [5, 5.41) is 0. The molecule has 0 N–H and O–H groups in total. The molecular formula is C13H26NO. The summed E-state index contributed by atoms with van der Waals surface area (Å²) in [7, 11) is 0. The van der Waals surface area contributed by atoms with Crippen LogP contribution in [0, 0.1) is 6.92 Å². The summed E-state index contributed by atoms with van der Waals surface area (Å²) in [6, 6.07) is 0.717. The highest BCUT2D eigenvalue weighted by Gasteiger charge is 2.22. The highest BCUT2D eigenvalue weighted by atomic mass is 16.2. The zero-order chi connectivity index (χ0) is 11.8. The molecule has 0 saturated heterocycles. The second kappa shape index (κ2) is 7.72. The maximum atomic E-state index is 12.0. The van der Waals surface area contributed by atoms with Crippen LogP contribution in [0.3, 0.4) is 0 Å². The molecule has 89 valence electrons. The fourth-order valence-electron chi connectivity index (χ4n) is 1.72. The summed E-state index contributed by atoms with van der Waals surface area (Å²) in [4.78, 5) is 14.1. The highest BCUT2D eigenvalue weighted by Crippen LogP contribution is 2.14. The third kappa shape index (κ3) is 4.67. The van der Waals surface area contributed by atoms with Crippen molar-refractivity contribution in [3.05, 3.63) is 6.92 Å². The molecule has 0 rings (SSSR count). The SMILES string of the molecule is [CH2]CCCC(=O)N(C(C)CC)C(C)CC. The minimum absolute atomic E-state index is 0.294. The van der Waals surface area contributed by atoms with Gasteiger partial charge in [-0.2, -0.15) is 0 Å². The third-order valence-corrected chi connectivity index (χ3v) is 3.06. The summed E-state index contributed by atoms with van der Waals surface area (Å²) in [6.07, 6.45) is 4.46. The summed E-state index contributed by atoms with van der Waals surface area (Å²) in [5.41, 5.74) is 0.